The van der Waals surface area contributed by atoms with Gasteiger partial charge in [-0.2, -0.15) is 0 Å². The van der Waals surface area contributed by atoms with Gasteiger partial charge in [0.05, 0.1) is 41.7 Å². The molecule has 0 saturated carbocycles. The van der Waals surface area contributed by atoms with Crippen molar-refractivity contribution >= 4 is 38.0 Å². The molecule has 14 heteroatoms. The molecule has 4 aromatic heterocycles. The summed E-state index contributed by atoms with van der Waals surface area (Å²) in [7, 11) is 1.88. The number of hydrogen-bond donors (Lipinski definition) is 3. The van der Waals surface area contributed by atoms with Crippen LogP contribution in [-0.2, 0) is 9.50 Å². The minimum atomic E-state index is -1.54. The second kappa shape index (κ2) is 16.9. The molecule has 0 amide bonds. The van der Waals surface area contributed by atoms with Crippen molar-refractivity contribution in [2.45, 2.75) is 18.8 Å². The first-order valence-corrected chi connectivity index (χ1v) is 15.8. The van der Waals surface area contributed by atoms with Crippen LogP contribution in [0.2, 0.25) is 0 Å². The van der Waals surface area contributed by atoms with Gasteiger partial charge in [-0.1, -0.05) is 30.3 Å². The van der Waals surface area contributed by atoms with Crippen molar-refractivity contribution in [3.63, 3.8) is 0 Å². The Morgan fingerprint density at radius 3 is 2.27 bits per heavy atom. The Morgan fingerprint density at radius 1 is 1.00 bits per heavy atom. The third-order valence-corrected chi connectivity index (χ3v) is 7.41. The van der Waals surface area contributed by atoms with Crippen LogP contribution < -0.4 is 10.1 Å². The van der Waals surface area contributed by atoms with E-state index in [0.29, 0.717) is 48.3 Å². The number of methoxy groups -OCH3 is 1. The second-order valence-corrected chi connectivity index (χ2v) is 10.7. The van der Waals surface area contributed by atoms with Crippen LogP contribution in [0.1, 0.15) is 40.4 Å². The summed E-state index contributed by atoms with van der Waals surface area (Å²) >= 11 is 0. The molecule has 230 valence electrons. The first kappa shape index (κ1) is 33.2. The molecule has 5 heterocycles. The van der Waals surface area contributed by atoms with Gasteiger partial charge in [0, 0.05) is 43.1 Å². The third kappa shape index (κ3) is 8.46. The molecule has 5 aromatic rings. The number of carboxylic acid groups (broad SMARTS) is 1. The van der Waals surface area contributed by atoms with Crippen molar-refractivity contribution in [2.75, 3.05) is 26.9 Å². The zero-order valence-corrected chi connectivity index (χ0v) is 25.9. The maximum Gasteiger partial charge on any atom is 0.0664 e. The van der Waals surface area contributed by atoms with E-state index in [1.807, 2.05) is 12.9 Å². The average Bonchev–Trinajstić information content (AvgIpc) is 3.55. The van der Waals surface area contributed by atoms with Crippen LogP contribution in [0, 0.1) is 5.92 Å². The van der Waals surface area contributed by atoms with Crippen molar-refractivity contribution in [3.05, 3.63) is 96.7 Å². The normalized spacial score (nSPS) is 13.6. The summed E-state index contributed by atoms with van der Waals surface area (Å²) in [4.78, 5) is 46.8. The molecule has 2 atom stereocenters. The standard InChI is InChI=1S/C16H19N3.C14H10N4O4.CH4BOP/c1-2-4-13(5-3-1)16(14-6-8-17-9-7-14)15-12-18-10-11-19-15;1-22-9-6-18-11(8-5-15-2-3-16-8)12-10(9)7(4-17-12)13(19)14(20)21;1-4-2-3/h1-5,10-12,14,16-17H,6-9H2;2-6,17H,1H3,(H,20,21);4H,1H3. The molecular formula is C31H33BN7O5P. The van der Waals surface area contributed by atoms with Gasteiger partial charge in [0.15, 0.2) is 0 Å². The Kier molecular flexibility index (Phi) is 12.5. The van der Waals surface area contributed by atoms with Crippen LogP contribution in [0.15, 0.2) is 79.9 Å². The van der Waals surface area contributed by atoms with Crippen molar-refractivity contribution < 1.29 is 24.1 Å². The number of piperidine rings is 1. The summed E-state index contributed by atoms with van der Waals surface area (Å²) in [6.45, 7) is 4.95. The number of pyridine rings is 1. The number of fused-ring (bicyclic) bond motifs is 1. The SMILES string of the molecule is COc1cnc(-c2cnccn2)c2[nH]cc(C(=O)C(=O)O)c12.CPB=O.c1ccc(C(c2cnccn2)C2CCNCC2)cc1. The smallest absolute Gasteiger partial charge is 0.0664 e. The van der Waals surface area contributed by atoms with Gasteiger partial charge < -0.3 is 20.1 Å². The van der Waals surface area contributed by atoms with Crippen LogP contribution in [0.4, 0.5) is 0 Å². The van der Waals surface area contributed by atoms with Gasteiger partial charge in [0.25, 0.3) is 5.78 Å². The molecule has 0 radical (unpaired) electrons. The molecule has 0 bridgehead atoms. The number of nitrogens with one attached hydrogen (secondary N) is 2. The predicted molar refractivity (Wildman–Crippen MR) is 172 cm³/mol. The van der Waals surface area contributed by atoms with Crippen molar-refractivity contribution in [2.24, 2.45) is 5.92 Å². The molecule has 0 spiro atoms. The van der Waals surface area contributed by atoms with Gasteiger partial charge in [0.1, 0.15) is 17.1 Å². The number of aromatic nitrogens is 6. The van der Waals surface area contributed by atoms with Gasteiger partial charge in [-0.25, -0.2) is 9.78 Å². The summed E-state index contributed by atoms with van der Waals surface area (Å²) < 4.78 is 14.4. The summed E-state index contributed by atoms with van der Waals surface area (Å²) in [5.74, 6) is -1.24. The van der Waals surface area contributed by atoms with Crippen molar-refractivity contribution in [1.29, 1.82) is 0 Å². The Morgan fingerprint density at radius 2 is 1.69 bits per heavy atom. The molecule has 12 nitrogen and oxygen atoms in total. The number of carboxylic acids is 1. The number of carbonyl (C=O) groups is 2. The van der Waals surface area contributed by atoms with Crippen molar-refractivity contribution in [1.82, 2.24) is 35.2 Å². The van der Waals surface area contributed by atoms with E-state index in [1.165, 1.54) is 56.5 Å². The number of benzene rings is 1. The van der Waals surface area contributed by atoms with Gasteiger partial charge >= 0.3 is 32.7 Å². The number of H-pyrrole nitrogens is 1. The van der Waals surface area contributed by atoms with Gasteiger partial charge in [-0.3, -0.25) is 24.7 Å². The van der Waals surface area contributed by atoms with E-state index >= 15 is 0 Å². The minimum absolute atomic E-state index is 0.00638. The summed E-state index contributed by atoms with van der Waals surface area (Å²) in [5, 5.41) is 12.7. The number of ketones is 1. The van der Waals surface area contributed by atoms with E-state index in [-0.39, 0.29) is 5.56 Å². The Balaban J connectivity index is 0.000000185. The van der Waals surface area contributed by atoms with Crippen LogP contribution >= 0.6 is 8.46 Å². The van der Waals surface area contributed by atoms with E-state index in [2.05, 4.69) is 65.6 Å². The topological polar surface area (TPSA) is 173 Å². The van der Waals surface area contributed by atoms with E-state index in [9.17, 15) is 14.3 Å². The molecule has 45 heavy (non-hydrogen) atoms. The minimum Gasteiger partial charge on any atom is -0.317 e. The average molecular weight is 625 g/mol. The van der Waals surface area contributed by atoms with E-state index in [1.54, 1.807) is 12.4 Å². The zero-order chi connectivity index (χ0) is 32.0. The maximum absolute atomic E-state index is 11.8. The maximum atomic E-state index is 11.8. The second-order valence-electron chi connectivity index (χ2n) is 9.87. The molecular weight excluding hydrogens is 592 g/mol. The number of hydrogen-bond acceptors (Lipinski definition) is 10. The van der Waals surface area contributed by atoms with Gasteiger partial charge in [-0.05, 0) is 37.4 Å². The van der Waals surface area contributed by atoms with E-state index in [4.69, 9.17) is 9.84 Å². The molecule has 6 rings (SSSR count). The van der Waals surface area contributed by atoms with Crippen LogP contribution in [0.25, 0.3) is 22.3 Å². The van der Waals surface area contributed by atoms with Crippen LogP contribution in [-0.4, -0.2) is 80.5 Å². The molecule has 1 aliphatic heterocycles. The van der Waals surface area contributed by atoms with Gasteiger partial charge in [-0.15, -0.1) is 0 Å². The molecule has 3 N–H and O–H groups in total. The first-order chi connectivity index (χ1) is 22.0. The number of carbonyl (C=O) groups excluding carboxylic acids is 1. The number of aromatic amines is 1. The number of nitrogens with zero attached hydrogens (tertiary/aromatic N) is 5. The van der Waals surface area contributed by atoms with E-state index in [0.717, 1.165) is 25.7 Å². The number of Topliss-reactive ketones (excluding diaryl/α,β-unsaturated/α-hetero) is 1. The Bertz CT molecular complexity index is 1650. The summed E-state index contributed by atoms with van der Waals surface area (Å²) in [6.07, 6.45) is 15.2. The molecule has 1 fully saturated rings. The molecule has 1 aliphatic rings. The molecule has 1 aromatic carbocycles. The first-order valence-electron chi connectivity index (χ1n) is 14.2. The molecule has 1 saturated heterocycles. The number of ether oxygens (including phenoxy) is 1. The molecule has 0 aliphatic carbocycles. The van der Waals surface area contributed by atoms with Gasteiger partial charge in [0.2, 0.25) is 0 Å². The quantitative estimate of drug-likeness (QED) is 0.0978. The predicted octanol–water partition coefficient (Wildman–Crippen LogP) is 4.16. The summed E-state index contributed by atoms with van der Waals surface area (Å²) in [5.41, 5.74) is 3.87. The molecule has 2 unspecified atom stereocenters. The number of rotatable bonds is 8. The Hall–Kier alpha value is -4.74. The summed E-state index contributed by atoms with van der Waals surface area (Å²) in [6, 6.07) is 10.7. The number of aliphatic carboxylic acids is 1. The fraction of sp³-hybridized carbons (Fsp3) is 0.258. The zero-order valence-electron chi connectivity index (χ0n) is 24.9. The van der Waals surface area contributed by atoms with E-state index < -0.39 is 11.8 Å². The largest absolute Gasteiger partial charge is 0.317 e. The fourth-order valence-corrected chi connectivity index (χ4v) is 5.18. The van der Waals surface area contributed by atoms with Crippen molar-refractivity contribution in [3.8, 4) is 17.1 Å². The Labute approximate surface area is 262 Å². The fourth-order valence-electron chi connectivity index (χ4n) is 5.18. The van der Waals surface area contributed by atoms with Crippen LogP contribution in [0.5, 0.6) is 5.75 Å². The monoisotopic (exact) mass is 625 g/mol. The third-order valence-electron chi connectivity index (χ3n) is 7.17. The van der Waals surface area contributed by atoms with Crippen LogP contribution in [0.3, 0.4) is 0 Å².